The molecule has 9 heteroatoms. The molecule has 2 heterocycles. The fraction of sp³-hybridized carbons (Fsp3) is 0.263. The van der Waals surface area contributed by atoms with Gasteiger partial charge in [-0.25, -0.2) is 9.18 Å². The standard InChI is InChI=1S/C19H18FNO7/c1-25-5-6-26-19(24)15-14(10-3-2-4-11(20)7-10)17-16(28-18(15)21)13(23)8-12(9-22)27-17/h2-4,7-8,14,22H,5-6,9,21H2,1H3/t14-/m0/s1. The maximum absolute atomic E-state index is 13.9. The van der Waals surface area contributed by atoms with Gasteiger partial charge in [-0.15, -0.1) is 0 Å². The van der Waals surface area contributed by atoms with E-state index in [2.05, 4.69) is 0 Å². The van der Waals surface area contributed by atoms with Gasteiger partial charge in [0.25, 0.3) is 0 Å². The van der Waals surface area contributed by atoms with E-state index in [1.807, 2.05) is 0 Å². The average Bonchev–Trinajstić information content (AvgIpc) is 2.67. The molecule has 1 atom stereocenters. The second-order valence-electron chi connectivity index (χ2n) is 5.93. The highest BCUT2D eigenvalue weighted by Crippen LogP contribution is 2.41. The van der Waals surface area contributed by atoms with Crippen LogP contribution < -0.4 is 15.9 Å². The third kappa shape index (κ3) is 3.75. The van der Waals surface area contributed by atoms with Crippen LogP contribution in [0.2, 0.25) is 0 Å². The first kappa shape index (κ1) is 19.6. The van der Waals surface area contributed by atoms with Crippen molar-refractivity contribution in [1.29, 1.82) is 0 Å². The molecule has 1 aromatic carbocycles. The van der Waals surface area contributed by atoms with Gasteiger partial charge >= 0.3 is 5.97 Å². The number of esters is 1. The van der Waals surface area contributed by atoms with Crippen LogP contribution in [0.15, 0.2) is 51.0 Å². The number of aliphatic hydroxyl groups is 1. The summed E-state index contributed by atoms with van der Waals surface area (Å²) in [6.07, 6.45) is 0. The molecular formula is C19H18FNO7. The summed E-state index contributed by atoms with van der Waals surface area (Å²) in [7, 11) is 1.45. The van der Waals surface area contributed by atoms with Gasteiger partial charge in [0.2, 0.25) is 17.1 Å². The Balaban J connectivity index is 2.17. The number of nitrogens with two attached hydrogens (primary N) is 1. The third-order valence-electron chi connectivity index (χ3n) is 4.09. The Hall–Kier alpha value is -3.17. The van der Waals surface area contributed by atoms with Crippen molar-refractivity contribution in [2.45, 2.75) is 12.5 Å². The van der Waals surface area contributed by atoms with Crippen LogP contribution in [0.1, 0.15) is 23.0 Å². The van der Waals surface area contributed by atoms with Gasteiger partial charge in [0.1, 0.15) is 30.4 Å². The Labute approximate surface area is 158 Å². The minimum Gasteiger partial charge on any atom is -0.460 e. The van der Waals surface area contributed by atoms with Crippen molar-refractivity contribution in [3.05, 3.63) is 74.9 Å². The highest BCUT2D eigenvalue weighted by atomic mass is 19.1. The van der Waals surface area contributed by atoms with Gasteiger partial charge < -0.3 is 29.5 Å². The van der Waals surface area contributed by atoms with E-state index < -0.39 is 29.7 Å². The van der Waals surface area contributed by atoms with Gasteiger partial charge in [-0.05, 0) is 17.7 Å². The van der Waals surface area contributed by atoms with Crippen LogP contribution >= 0.6 is 0 Å². The SMILES string of the molecule is COCCOC(=O)C1=C(N)Oc2c(oc(CO)cc2=O)[C@H]1c1cccc(F)c1. The zero-order valence-electron chi connectivity index (χ0n) is 14.9. The second kappa shape index (κ2) is 8.24. The molecule has 3 rings (SSSR count). The lowest BCUT2D eigenvalue weighted by molar-refractivity contribution is -0.140. The number of carbonyl (C=O) groups excluding carboxylic acids is 1. The van der Waals surface area contributed by atoms with Crippen LogP contribution in [0.25, 0.3) is 0 Å². The van der Waals surface area contributed by atoms with E-state index in [-0.39, 0.29) is 41.9 Å². The molecule has 148 valence electrons. The minimum absolute atomic E-state index is 0.0404. The molecule has 0 fully saturated rings. The number of aliphatic hydroxyl groups excluding tert-OH is 1. The van der Waals surface area contributed by atoms with Crippen LogP contribution in [-0.2, 0) is 20.9 Å². The Morgan fingerprint density at radius 1 is 1.32 bits per heavy atom. The molecule has 1 aliphatic heterocycles. The molecule has 0 unspecified atom stereocenters. The van der Waals surface area contributed by atoms with Crippen molar-refractivity contribution in [1.82, 2.24) is 0 Å². The van der Waals surface area contributed by atoms with Crippen LogP contribution in [0.4, 0.5) is 4.39 Å². The number of hydrogen-bond donors (Lipinski definition) is 2. The number of carbonyl (C=O) groups is 1. The predicted octanol–water partition coefficient (Wildman–Crippen LogP) is 1.16. The maximum atomic E-state index is 13.9. The summed E-state index contributed by atoms with van der Waals surface area (Å²) < 4.78 is 34.7. The Kier molecular flexibility index (Phi) is 5.76. The lowest BCUT2D eigenvalue weighted by atomic mass is 9.86. The lowest BCUT2D eigenvalue weighted by Crippen LogP contribution is -2.30. The molecule has 0 saturated carbocycles. The molecule has 3 N–H and O–H groups in total. The first-order valence-corrected chi connectivity index (χ1v) is 8.33. The van der Waals surface area contributed by atoms with Crippen molar-refractivity contribution in [3.8, 4) is 5.75 Å². The maximum Gasteiger partial charge on any atom is 0.340 e. The van der Waals surface area contributed by atoms with E-state index in [4.69, 9.17) is 24.4 Å². The van der Waals surface area contributed by atoms with E-state index in [1.165, 1.54) is 25.3 Å². The molecule has 28 heavy (non-hydrogen) atoms. The molecule has 1 aliphatic rings. The molecule has 0 aliphatic carbocycles. The van der Waals surface area contributed by atoms with Crippen molar-refractivity contribution in [2.24, 2.45) is 5.73 Å². The summed E-state index contributed by atoms with van der Waals surface area (Å²) in [5.41, 5.74) is 5.46. The molecule has 8 nitrogen and oxygen atoms in total. The topological polar surface area (TPSA) is 121 Å². The van der Waals surface area contributed by atoms with Gasteiger partial charge in [0.05, 0.1) is 12.5 Å². The van der Waals surface area contributed by atoms with Crippen LogP contribution in [0.3, 0.4) is 0 Å². The number of benzene rings is 1. The fourth-order valence-corrected chi connectivity index (χ4v) is 2.88. The van der Waals surface area contributed by atoms with E-state index in [0.717, 1.165) is 6.07 Å². The largest absolute Gasteiger partial charge is 0.460 e. The van der Waals surface area contributed by atoms with E-state index in [9.17, 15) is 19.1 Å². The molecule has 0 amide bonds. The van der Waals surface area contributed by atoms with Gasteiger partial charge in [-0.1, -0.05) is 12.1 Å². The average molecular weight is 391 g/mol. The Morgan fingerprint density at radius 2 is 2.11 bits per heavy atom. The number of halogens is 1. The Morgan fingerprint density at radius 3 is 2.79 bits per heavy atom. The molecule has 0 spiro atoms. The normalized spacial score (nSPS) is 15.8. The number of hydrogen-bond acceptors (Lipinski definition) is 8. The zero-order chi connectivity index (χ0) is 20.3. The minimum atomic E-state index is -1.06. The Bertz CT molecular complexity index is 982. The van der Waals surface area contributed by atoms with Crippen molar-refractivity contribution < 1.29 is 32.9 Å². The molecule has 0 saturated heterocycles. The first-order chi connectivity index (χ1) is 13.5. The van der Waals surface area contributed by atoms with Crippen molar-refractivity contribution in [3.63, 3.8) is 0 Å². The highest BCUT2D eigenvalue weighted by molar-refractivity contribution is 5.92. The van der Waals surface area contributed by atoms with Gasteiger partial charge in [0.15, 0.2) is 5.76 Å². The van der Waals surface area contributed by atoms with Gasteiger partial charge in [-0.3, -0.25) is 4.79 Å². The van der Waals surface area contributed by atoms with Crippen LogP contribution in [-0.4, -0.2) is 31.4 Å². The van der Waals surface area contributed by atoms with E-state index >= 15 is 0 Å². The van der Waals surface area contributed by atoms with Crippen LogP contribution in [0.5, 0.6) is 5.75 Å². The smallest absolute Gasteiger partial charge is 0.340 e. The number of methoxy groups -OCH3 is 1. The van der Waals surface area contributed by atoms with Gasteiger partial charge in [-0.2, -0.15) is 0 Å². The van der Waals surface area contributed by atoms with E-state index in [1.54, 1.807) is 6.07 Å². The van der Waals surface area contributed by atoms with Crippen molar-refractivity contribution in [2.75, 3.05) is 20.3 Å². The fourth-order valence-electron chi connectivity index (χ4n) is 2.88. The summed E-state index contributed by atoms with van der Waals surface area (Å²) >= 11 is 0. The quantitative estimate of drug-likeness (QED) is 0.556. The zero-order valence-corrected chi connectivity index (χ0v) is 14.9. The summed E-state index contributed by atoms with van der Waals surface area (Å²) in [5, 5.41) is 9.36. The summed E-state index contributed by atoms with van der Waals surface area (Å²) in [5.74, 6) is -3.15. The van der Waals surface area contributed by atoms with Gasteiger partial charge in [0, 0.05) is 13.2 Å². The predicted molar refractivity (Wildman–Crippen MR) is 93.8 cm³/mol. The first-order valence-electron chi connectivity index (χ1n) is 8.33. The second-order valence-corrected chi connectivity index (χ2v) is 5.93. The molecule has 2 aromatic rings. The van der Waals surface area contributed by atoms with E-state index in [0.29, 0.717) is 5.56 Å². The monoisotopic (exact) mass is 391 g/mol. The highest BCUT2D eigenvalue weighted by Gasteiger charge is 2.39. The third-order valence-corrected chi connectivity index (χ3v) is 4.09. The van der Waals surface area contributed by atoms with Crippen molar-refractivity contribution >= 4 is 5.97 Å². The lowest BCUT2D eigenvalue weighted by Gasteiger charge is -2.27. The van der Waals surface area contributed by atoms with Crippen LogP contribution in [0, 0.1) is 5.82 Å². The number of rotatable bonds is 6. The molecule has 0 bridgehead atoms. The number of ether oxygens (including phenoxy) is 3. The molecule has 1 aromatic heterocycles. The summed E-state index contributed by atoms with van der Waals surface area (Å²) in [4.78, 5) is 25.0. The number of fused-ring (bicyclic) bond motifs is 1. The molecule has 0 radical (unpaired) electrons. The summed E-state index contributed by atoms with van der Waals surface area (Å²) in [6, 6.07) is 6.45. The molecular weight excluding hydrogens is 373 g/mol. The summed E-state index contributed by atoms with van der Waals surface area (Å²) in [6.45, 7) is -0.439.